The van der Waals surface area contributed by atoms with Crippen molar-refractivity contribution in [1.82, 2.24) is 0 Å². The van der Waals surface area contributed by atoms with Gasteiger partial charge in [0.1, 0.15) is 11.3 Å². The minimum absolute atomic E-state index is 0.290. The summed E-state index contributed by atoms with van der Waals surface area (Å²) in [7, 11) is -2.30. The topological polar surface area (TPSA) is 73.6 Å². The van der Waals surface area contributed by atoms with Gasteiger partial charge in [-0.2, -0.15) is 0 Å². The average Bonchev–Trinajstić information content (AvgIpc) is 2.55. The summed E-state index contributed by atoms with van der Waals surface area (Å²) in [4.78, 5) is 11.7. The first-order chi connectivity index (χ1) is 11.4. The number of hydrogen-bond acceptors (Lipinski definition) is 5. The van der Waals surface area contributed by atoms with Crippen LogP contribution in [0.15, 0.2) is 67.1 Å². The summed E-state index contributed by atoms with van der Waals surface area (Å²) in [6.07, 6.45) is 0. The van der Waals surface area contributed by atoms with Gasteiger partial charge >= 0.3 is 5.63 Å². The molecule has 0 fully saturated rings. The Morgan fingerprint density at radius 2 is 1.79 bits per heavy atom. The molecule has 0 saturated carbocycles. The van der Waals surface area contributed by atoms with Crippen LogP contribution in [0.25, 0.3) is 11.0 Å². The molecule has 0 radical (unpaired) electrons. The number of methoxy groups -OCH3 is 1. The van der Waals surface area contributed by atoms with Crippen molar-refractivity contribution in [2.45, 2.75) is 10.6 Å². The molecule has 0 bridgehead atoms. The van der Waals surface area contributed by atoms with E-state index in [9.17, 15) is 13.2 Å². The predicted octanol–water partition coefficient (Wildman–Crippen LogP) is 3.54. The second-order valence-corrected chi connectivity index (χ2v) is 8.06. The molecule has 0 aliphatic rings. The van der Waals surface area contributed by atoms with Crippen LogP contribution in [-0.4, -0.2) is 15.5 Å². The first-order valence-electron chi connectivity index (χ1n) is 6.98. The Morgan fingerprint density at radius 1 is 1.08 bits per heavy atom. The zero-order chi connectivity index (χ0) is 17.3. The van der Waals surface area contributed by atoms with Gasteiger partial charge in [0, 0.05) is 9.86 Å². The van der Waals surface area contributed by atoms with Gasteiger partial charge in [-0.25, -0.2) is 13.2 Å². The molecule has 1 heterocycles. The van der Waals surface area contributed by atoms with Crippen LogP contribution < -0.4 is 10.4 Å². The third-order valence-electron chi connectivity index (χ3n) is 3.51. The molecule has 1 aromatic heterocycles. The number of rotatable bonds is 4. The van der Waals surface area contributed by atoms with E-state index in [0.717, 1.165) is 4.47 Å². The van der Waals surface area contributed by atoms with Crippen molar-refractivity contribution >= 4 is 36.7 Å². The van der Waals surface area contributed by atoms with Crippen molar-refractivity contribution in [1.29, 1.82) is 0 Å². The molecule has 124 valence electrons. The fourth-order valence-corrected chi connectivity index (χ4v) is 4.08. The molecule has 0 unspecified atom stereocenters. The molecule has 3 aromatic rings. The first-order valence-corrected chi connectivity index (χ1v) is 9.43. The van der Waals surface area contributed by atoms with Crippen molar-refractivity contribution in [3.63, 3.8) is 0 Å². The van der Waals surface area contributed by atoms with Crippen molar-refractivity contribution in [2.24, 2.45) is 0 Å². The maximum atomic E-state index is 12.6. The van der Waals surface area contributed by atoms with E-state index in [2.05, 4.69) is 15.9 Å². The van der Waals surface area contributed by atoms with Crippen molar-refractivity contribution < 1.29 is 17.6 Å². The van der Waals surface area contributed by atoms with E-state index in [1.165, 1.54) is 13.2 Å². The Morgan fingerprint density at radius 3 is 2.46 bits per heavy atom. The zero-order valence-corrected chi connectivity index (χ0v) is 15.1. The number of halogens is 1. The lowest BCUT2D eigenvalue weighted by Crippen LogP contribution is -2.15. The maximum absolute atomic E-state index is 12.6. The minimum Gasteiger partial charge on any atom is -0.497 e. The van der Waals surface area contributed by atoms with Gasteiger partial charge in [-0.1, -0.05) is 28.1 Å². The lowest BCUT2D eigenvalue weighted by Gasteiger charge is -2.06. The summed E-state index contributed by atoms with van der Waals surface area (Å²) < 4.78 is 36.1. The molecule has 5 nitrogen and oxygen atoms in total. The Labute approximate surface area is 146 Å². The molecular formula is C17H13BrO5S. The summed E-state index contributed by atoms with van der Waals surface area (Å²) in [5.41, 5.74) is 0.0365. The fraction of sp³-hybridized carbons (Fsp3) is 0.118. The highest BCUT2D eigenvalue weighted by molar-refractivity contribution is 9.10. The molecule has 3 rings (SSSR count). The van der Waals surface area contributed by atoms with Gasteiger partial charge in [0.05, 0.1) is 12.9 Å². The smallest absolute Gasteiger partial charge is 0.355 e. The standard InChI is InChI=1S/C17H13BrO5S/c1-22-14-5-2-11(3-6-14)10-24(20,21)16-9-12-8-13(18)4-7-15(12)23-17(16)19/h2-9H,10H2,1H3. The monoisotopic (exact) mass is 408 g/mol. The van der Waals surface area contributed by atoms with E-state index in [0.29, 0.717) is 22.3 Å². The van der Waals surface area contributed by atoms with E-state index in [1.807, 2.05) is 0 Å². The van der Waals surface area contributed by atoms with Gasteiger partial charge in [0.15, 0.2) is 14.7 Å². The van der Waals surface area contributed by atoms with Crippen LogP contribution in [0.5, 0.6) is 5.75 Å². The van der Waals surface area contributed by atoms with E-state index in [4.69, 9.17) is 9.15 Å². The SMILES string of the molecule is COc1ccc(CS(=O)(=O)c2cc3cc(Br)ccc3oc2=O)cc1. The lowest BCUT2D eigenvalue weighted by molar-refractivity contribution is 0.414. The van der Waals surface area contributed by atoms with Crippen LogP contribution in [-0.2, 0) is 15.6 Å². The zero-order valence-electron chi connectivity index (χ0n) is 12.7. The highest BCUT2D eigenvalue weighted by Gasteiger charge is 2.21. The normalized spacial score (nSPS) is 11.6. The molecule has 0 atom stereocenters. The van der Waals surface area contributed by atoms with Crippen molar-refractivity contribution in [3.8, 4) is 5.75 Å². The molecule has 0 saturated heterocycles. The molecule has 0 N–H and O–H groups in total. The Kier molecular flexibility index (Phi) is 4.47. The average molecular weight is 409 g/mol. The van der Waals surface area contributed by atoms with Gasteiger partial charge in [-0.05, 0) is 42.0 Å². The molecule has 0 aliphatic carbocycles. The Balaban J connectivity index is 2.03. The predicted molar refractivity (Wildman–Crippen MR) is 94.1 cm³/mol. The van der Waals surface area contributed by atoms with E-state index >= 15 is 0 Å². The van der Waals surface area contributed by atoms with Gasteiger partial charge in [-0.3, -0.25) is 0 Å². The first kappa shape index (κ1) is 16.7. The molecule has 0 spiro atoms. The molecule has 2 aromatic carbocycles. The third kappa shape index (κ3) is 3.37. The van der Waals surface area contributed by atoms with Crippen LogP contribution in [0.3, 0.4) is 0 Å². The number of sulfone groups is 1. The number of ether oxygens (including phenoxy) is 1. The number of fused-ring (bicyclic) bond motifs is 1. The Hall–Kier alpha value is -2.12. The molecule has 24 heavy (non-hydrogen) atoms. The van der Waals surface area contributed by atoms with Crippen LogP contribution >= 0.6 is 15.9 Å². The van der Waals surface area contributed by atoms with Gasteiger partial charge in [0.2, 0.25) is 0 Å². The Bertz CT molecular complexity index is 1050. The van der Waals surface area contributed by atoms with Crippen LogP contribution in [0.2, 0.25) is 0 Å². The van der Waals surface area contributed by atoms with E-state index in [-0.39, 0.29) is 10.6 Å². The van der Waals surface area contributed by atoms with Gasteiger partial charge < -0.3 is 9.15 Å². The second-order valence-electron chi connectivity index (χ2n) is 5.19. The highest BCUT2D eigenvalue weighted by atomic mass is 79.9. The van der Waals surface area contributed by atoms with Crippen LogP contribution in [0.1, 0.15) is 5.56 Å². The molecule has 0 amide bonds. The van der Waals surface area contributed by atoms with Gasteiger partial charge in [-0.15, -0.1) is 0 Å². The largest absolute Gasteiger partial charge is 0.497 e. The summed E-state index contributed by atoms with van der Waals surface area (Å²) in [5, 5.41) is 0.539. The van der Waals surface area contributed by atoms with Gasteiger partial charge in [0.25, 0.3) is 0 Å². The van der Waals surface area contributed by atoms with Crippen LogP contribution in [0.4, 0.5) is 0 Å². The van der Waals surface area contributed by atoms with E-state index < -0.39 is 15.5 Å². The quantitative estimate of drug-likeness (QED) is 0.617. The minimum atomic E-state index is -3.83. The second kappa shape index (κ2) is 6.41. The summed E-state index contributed by atoms with van der Waals surface area (Å²) in [6.45, 7) is 0. The lowest BCUT2D eigenvalue weighted by atomic mass is 10.2. The van der Waals surface area contributed by atoms with E-state index in [1.54, 1.807) is 42.5 Å². The van der Waals surface area contributed by atoms with Crippen molar-refractivity contribution in [3.05, 3.63) is 69.0 Å². The molecule has 7 heteroatoms. The van der Waals surface area contributed by atoms with Crippen LogP contribution in [0, 0.1) is 0 Å². The summed E-state index contributed by atoms with van der Waals surface area (Å²) in [6, 6.07) is 13.0. The fourth-order valence-electron chi connectivity index (χ4n) is 2.31. The highest BCUT2D eigenvalue weighted by Crippen LogP contribution is 2.23. The molecule has 0 aliphatic heterocycles. The van der Waals surface area contributed by atoms with Crippen molar-refractivity contribution in [2.75, 3.05) is 7.11 Å². The summed E-state index contributed by atoms with van der Waals surface area (Å²) in [5.74, 6) is 0.340. The third-order valence-corrected chi connectivity index (χ3v) is 5.67. The maximum Gasteiger partial charge on any atom is 0.355 e. The summed E-state index contributed by atoms with van der Waals surface area (Å²) >= 11 is 3.31. The number of hydrogen-bond donors (Lipinski definition) is 0. The molecular weight excluding hydrogens is 396 g/mol. The number of benzene rings is 2.